The van der Waals surface area contributed by atoms with E-state index in [-0.39, 0.29) is 57.3 Å². The Bertz CT molecular complexity index is 33.8. The molecule has 0 N–H and O–H groups in total. The van der Waals surface area contributed by atoms with Crippen LogP contribution in [0.5, 0.6) is 0 Å². The van der Waals surface area contributed by atoms with Crippen LogP contribution in [0.2, 0.25) is 0 Å². The fraction of sp³-hybridized carbons (Fsp3) is 0. The average molecular weight is 224 g/mol. The summed E-state index contributed by atoms with van der Waals surface area (Å²) < 4.78 is 8.52. The molecule has 3 nitrogen and oxygen atoms in total. The van der Waals surface area contributed by atoms with Gasteiger partial charge in [-0.25, -0.2) is 0 Å². The molecule has 0 bridgehead atoms. The quantitative estimate of drug-likeness (QED) is 0.399. The molecule has 0 saturated carbocycles. The second-order valence-electron chi connectivity index (χ2n) is 0.250. The standard InChI is InChI=1S/B.Ba.O3Si/c;;1-4(2)3/q;+2;-2. The fourth-order valence-corrected chi connectivity index (χ4v) is 0. The van der Waals surface area contributed by atoms with Gasteiger partial charge in [0.25, 0.3) is 0 Å². The van der Waals surface area contributed by atoms with Crippen molar-refractivity contribution in [2.24, 2.45) is 0 Å². The van der Waals surface area contributed by atoms with Gasteiger partial charge in [0.05, 0.1) is 0 Å². The first-order valence-corrected chi connectivity index (χ1v) is 1.84. The van der Waals surface area contributed by atoms with E-state index in [9.17, 15) is 0 Å². The van der Waals surface area contributed by atoms with Gasteiger partial charge >= 0.3 is 48.9 Å². The molecule has 6 heteroatoms. The van der Waals surface area contributed by atoms with Crippen molar-refractivity contribution in [1.29, 1.82) is 0 Å². The van der Waals surface area contributed by atoms with Crippen LogP contribution in [0.4, 0.5) is 0 Å². The molecule has 0 unspecified atom stereocenters. The van der Waals surface area contributed by atoms with E-state index in [4.69, 9.17) is 14.1 Å². The van der Waals surface area contributed by atoms with Gasteiger partial charge in [0.2, 0.25) is 0 Å². The van der Waals surface area contributed by atoms with E-state index in [1.807, 2.05) is 0 Å². The zero-order chi connectivity index (χ0) is 3.58. The third-order valence-corrected chi connectivity index (χ3v) is 0. The molecule has 0 aliphatic rings. The summed E-state index contributed by atoms with van der Waals surface area (Å²) >= 11 is 0. The Morgan fingerprint density at radius 2 is 1.33 bits per heavy atom. The second-order valence-corrected chi connectivity index (χ2v) is 0.750. The third kappa shape index (κ3) is 60.5. The molecule has 27 valence electrons. The van der Waals surface area contributed by atoms with Crippen molar-refractivity contribution >= 4 is 66.5 Å². The van der Waals surface area contributed by atoms with Crippen molar-refractivity contribution in [1.82, 2.24) is 0 Å². The van der Waals surface area contributed by atoms with Gasteiger partial charge in [-0.05, 0) is 0 Å². The average Bonchev–Trinajstić information content (AvgIpc) is 0.811. The van der Waals surface area contributed by atoms with E-state index in [1.54, 1.807) is 0 Å². The third-order valence-electron chi connectivity index (χ3n) is 0. The van der Waals surface area contributed by atoms with Gasteiger partial charge in [-0.1, -0.05) is 0 Å². The Labute approximate surface area is 79.3 Å². The topological polar surface area (TPSA) is 63.2 Å². The Morgan fingerprint density at radius 3 is 1.33 bits per heavy atom. The molecule has 0 fully saturated rings. The van der Waals surface area contributed by atoms with Crippen LogP contribution >= 0.6 is 0 Å². The van der Waals surface area contributed by atoms with Gasteiger partial charge in [0.1, 0.15) is 0 Å². The van der Waals surface area contributed by atoms with Crippen molar-refractivity contribution in [3.8, 4) is 0 Å². The molecule has 0 aromatic carbocycles. The SMILES string of the molecule is O=[Si]([O-])[O-].[B].[Ba+2]. The molecule has 3 radical (unpaired) electrons. The van der Waals surface area contributed by atoms with Crippen LogP contribution in [-0.4, -0.2) is 66.5 Å². The summed E-state index contributed by atoms with van der Waals surface area (Å²) in [7, 11) is -3.63. The summed E-state index contributed by atoms with van der Waals surface area (Å²) in [6.45, 7) is 0. The molecule has 0 atom stereocenters. The number of rotatable bonds is 0. The van der Waals surface area contributed by atoms with Crippen LogP contribution in [0.15, 0.2) is 0 Å². The van der Waals surface area contributed by atoms with E-state index in [1.165, 1.54) is 0 Å². The molecule has 6 heavy (non-hydrogen) atoms. The number of hydrogen-bond donors (Lipinski definition) is 0. The maximum absolute atomic E-state index is 8.52. The first-order chi connectivity index (χ1) is 1.73. The van der Waals surface area contributed by atoms with Crippen molar-refractivity contribution in [2.45, 2.75) is 0 Å². The van der Waals surface area contributed by atoms with Crippen LogP contribution in [-0.2, 0) is 4.46 Å². The minimum absolute atomic E-state index is 0. The maximum Gasteiger partial charge on any atom is 2.00 e. The monoisotopic (exact) mass is 225 g/mol. The summed E-state index contributed by atoms with van der Waals surface area (Å²) in [6, 6.07) is 0. The van der Waals surface area contributed by atoms with Crippen molar-refractivity contribution in [3.63, 3.8) is 0 Å². The van der Waals surface area contributed by atoms with Crippen molar-refractivity contribution in [2.75, 3.05) is 0 Å². The van der Waals surface area contributed by atoms with Crippen molar-refractivity contribution < 1.29 is 14.1 Å². The van der Waals surface area contributed by atoms with Crippen LogP contribution < -0.4 is 9.59 Å². The smallest absolute Gasteiger partial charge is 0.672 e. The van der Waals surface area contributed by atoms with E-state index >= 15 is 0 Å². The molecule has 0 saturated heterocycles. The molecule has 0 spiro atoms. The fourth-order valence-electron chi connectivity index (χ4n) is 0. The first-order valence-electron chi connectivity index (χ1n) is 0.612. The first kappa shape index (κ1) is 15.7. The molecule has 0 aliphatic carbocycles. The van der Waals surface area contributed by atoms with Crippen molar-refractivity contribution in [3.05, 3.63) is 0 Å². The Hall–Kier alpha value is 1.25. The normalized spacial score (nSPS) is 4.00. The van der Waals surface area contributed by atoms with E-state index < -0.39 is 9.17 Å². The van der Waals surface area contributed by atoms with Crippen LogP contribution in [0.25, 0.3) is 0 Å². The molecular weight excluding hydrogens is 224 g/mol. The minimum atomic E-state index is -3.63. The van der Waals surface area contributed by atoms with Gasteiger partial charge in [-0.3, -0.25) is 0 Å². The van der Waals surface area contributed by atoms with Gasteiger partial charge in [0.15, 0.2) is 0 Å². The number of hydrogen-bond acceptors (Lipinski definition) is 3. The molecule has 0 rings (SSSR count). The van der Waals surface area contributed by atoms with Gasteiger partial charge in [0, 0.05) is 17.6 Å². The molecular formula is BBaO3Si. The summed E-state index contributed by atoms with van der Waals surface area (Å²) in [5.74, 6) is 0. The molecule has 0 aromatic heterocycles. The summed E-state index contributed by atoms with van der Waals surface area (Å²) in [5.41, 5.74) is 0. The van der Waals surface area contributed by atoms with Gasteiger partial charge < -0.3 is 14.1 Å². The zero-order valence-electron chi connectivity index (χ0n) is 3.01. The molecule has 0 amide bonds. The largest absolute Gasteiger partial charge is 2.00 e. The Balaban J connectivity index is -0.0000000450. The Kier molecular flexibility index (Phi) is 24.9. The van der Waals surface area contributed by atoms with Gasteiger partial charge in [-0.15, -0.1) is 0 Å². The van der Waals surface area contributed by atoms with Crippen LogP contribution in [0, 0.1) is 0 Å². The Morgan fingerprint density at radius 1 is 1.33 bits per heavy atom. The maximum atomic E-state index is 8.52. The van der Waals surface area contributed by atoms with Gasteiger partial charge in [-0.2, -0.15) is 0 Å². The van der Waals surface area contributed by atoms with Crippen LogP contribution in [0.3, 0.4) is 0 Å². The van der Waals surface area contributed by atoms with Crippen LogP contribution in [0.1, 0.15) is 0 Å². The predicted octanol–water partition coefficient (Wildman–Crippen LogP) is -3.64. The van der Waals surface area contributed by atoms with E-state index in [0.717, 1.165) is 0 Å². The summed E-state index contributed by atoms with van der Waals surface area (Å²) in [4.78, 5) is 17.0. The second kappa shape index (κ2) is 9.54. The van der Waals surface area contributed by atoms with E-state index in [0.29, 0.717) is 0 Å². The molecule has 0 aromatic rings. The molecule has 0 aliphatic heterocycles. The summed E-state index contributed by atoms with van der Waals surface area (Å²) in [6.07, 6.45) is 0. The zero-order valence-corrected chi connectivity index (χ0v) is 8.45. The van der Waals surface area contributed by atoms with E-state index in [2.05, 4.69) is 0 Å². The summed E-state index contributed by atoms with van der Waals surface area (Å²) in [5, 5.41) is 0. The molecule has 0 heterocycles. The minimum Gasteiger partial charge on any atom is -0.672 e. The predicted molar refractivity (Wildman–Crippen MR) is 17.9 cm³/mol.